The van der Waals surface area contributed by atoms with Gasteiger partial charge in [-0.3, -0.25) is 9.63 Å². The predicted molar refractivity (Wildman–Crippen MR) is 140 cm³/mol. The third-order valence-electron chi connectivity index (χ3n) is 5.23. The first-order chi connectivity index (χ1) is 18.3. The fraction of sp³-hybridized carbons (Fsp3) is 0.231. The molecule has 0 aliphatic rings. The summed E-state index contributed by atoms with van der Waals surface area (Å²) in [5.41, 5.74) is 5.05. The van der Waals surface area contributed by atoms with Crippen LogP contribution >= 0.6 is 0 Å². The van der Waals surface area contributed by atoms with Gasteiger partial charge < -0.3 is 15.4 Å². The zero-order chi connectivity index (χ0) is 27.2. The number of pyridine rings is 1. The molecule has 0 aliphatic carbocycles. The largest absolute Gasteiger partial charge is 0.494 e. The SMILES string of the molecule is CCONC(=O)c1cnc(Nc2cc(C)nc(C)n2)cc1Nc1cc(F)cc(-c2ncc(C)cn2)c1OC. The van der Waals surface area contributed by atoms with Gasteiger partial charge in [0.15, 0.2) is 11.6 Å². The second-order valence-electron chi connectivity index (χ2n) is 8.29. The van der Waals surface area contributed by atoms with Crippen molar-refractivity contribution in [1.29, 1.82) is 0 Å². The van der Waals surface area contributed by atoms with E-state index in [0.29, 0.717) is 34.5 Å². The van der Waals surface area contributed by atoms with Gasteiger partial charge in [0.25, 0.3) is 5.91 Å². The molecule has 11 nitrogen and oxygen atoms in total. The van der Waals surface area contributed by atoms with Crippen molar-refractivity contribution in [2.75, 3.05) is 24.4 Å². The summed E-state index contributed by atoms with van der Waals surface area (Å²) in [5, 5.41) is 6.22. The lowest BCUT2D eigenvalue weighted by atomic mass is 10.1. The zero-order valence-corrected chi connectivity index (χ0v) is 21.6. The Kier molecular flexibility index (Phi) is 8.02. The maximum Gasteiger partial charge on any atom is 0.278 e. The lowest BCUT2D eigenvalue weighted by molar-refractivity contribution is 0.0365. The van der Waals surface area contributed by atoms with Gasteiger partial charge in [0, 0.05) is 42.5 Å². The van der Waals surface area contributed by atoms with Crippen LogP contribution in [0.2, 0.25) is 0 Å². The van der Waals surface area contributed by atoms with E-state index in [1.54, 1.807) is 38.4 Å². The molecule has 0 saturated carbocycles. The molecule has 0 atom stereocenters. The van der Waals surface area contributed by atoms with Gasteiger partial charge in [-0.15, -0.1) is 0 Å². The van der Waals surface area contributed by atoms with Crippen LogP contribution in [0.4, 0.5) is 27.4 Å². The number of nitrogens with zero attached hydrogens (tertiary/aromatic N) is 5. The van der Waals surface area contributed by atoms with Crippen LogP contribution in [0.25, 0.3) is 11.4 Å². The van der Waals surface area contributed by atoms with Crippen molar-refractivity contribution in [3.63, 3.8) is 0 Å². The predicted octanol–water partition coefficient (Wildman–Crippen LogP) is 4.57. The Bertz CT molecular complexity index is 1440. The molecule has 1 aromatic carbocycles. The average Bonchev–Trinajstić information content (AvgIpc) is 2.87. The Morgan fingerprint density at radius 1 is 0.921 bits per heavy atom. The van der Waals surface area contributed by atoms with E-state index in [0.717, 1.165) is 11.3 Å². The van der Waals surface area contributed by atoms with Crippen LogP contribution in [0.3, 0.4) is 0 Å². The molecule has 3 aromatic heterocycles. The van der Waals surface area contributed by atoms with E-state index in [1.165, 1.54) is 25.4 Å². The smallest absolute Gasteiger partial charge is 0.278 e. The Morgan fingerprint density at radius 3 is 2.37 bits per heavy atom. The molecule has 4 rings (SSSR count). The minimum Gasteiger partial charge on any atom is -0.494 e. The van der Waals surface area contributed by atoms with E-state index in [2.05, 4.69) is 41.0 Å². The number of nitrogens with one attached hydrogen (secondary N) is 3. The van der Waals surface area contributed by atoms with Crippen molar-refractivity contribution in [3.8, 4) is 17.1 Å². The number of hydrogen-bond donors (Lipinski definition) is 3. The number of methoxy groups -OCH3 is 1. The van der Waals surface area contributed by atoms with Gasteiger partial charge in [-0.25, -0.2) is 34.8 Å². The van der Waals surface area contributed by atoms with E-state index < -0.39 is 11.7 Å². The first-order valence-corrected chi connectivity index (χ1v) is 11.7. The highest BCUT2D eigenvalue weighted by Crippen LogP contribution is 2.38. The average molecular weight is 519 g/mol. The topological polar surface area (TPSA) is 136 Å². The minimum absolute atomic E-state index is 0.151. The molecule has 12 heteroatoms. The van der Waals surface area contributed by atoms with Crippen molar-refractivity contribution in [2.24, 2.45) is 0 Å². The van der Waals surface area contributed by atoms with Crippen LogP contribution in [0, 0.1) is 26.6 Å². The van der Waals surface area contributed by atoms with Gasteiger partial charge in [0.1, 0.15) is 23.3 Å². The number of halogens is 1. The molecule has 0 saturated heterocycles. The Balaban J connectivity index is 1.77. The molecule has 1 amide bonds. The summed E-state index contributed by atoms with van der Waals surface area (Å²) in [5.74, 6) is 0.994. The number of benzene rings is 1. The fourth-order valence-electron chi connectivity index (χ4n) is 3.66. The van der Waals surface area contributed by atoms with Gasteiger partial charge in [-0.2, -0.15) is 0 Å². The molecule has 4 aromatic rings. The van der Waals surface area contributed by atoms with E-state index >= 15 is 0 Å². The van der Waals surface area contributed by atoms with Gasteiger partial charge in [0.05, 0.1) is 36.2 Å². The van der Waals surface area contributed by atoms with Gasteiger partial charge in [-0.05, 0) is 39.3 Å². The second kappa shape index (κ2) is 11.6. The molecule has 0 spiro atoms. The van der Waals surface area contributed by atoms with E-state index in [-0.39, 0.29) is 23.7 Å². The monoisotopic (exact) mass is 518 g/mol. The Hall–Kier alpha value is -4.71. The van der Waals surface area contributed by atoms with E-state index in [4.69, 9.17) is 9.57 Å². The van der Waals surface area contributed by atoms with Crippen LogP contribution in [-0.4, -0.2) is 44.5 Å². The van der Waals surface area contributed by atoms with E-state index in [9.17, 15) is 9.18 Å². The maximum absolute atomic E-state index is 14.8. The second-order valence-corrected chi connectivity index (χ2v) is 8.29. The third-order valence-corrected chi connectivity index (χ3v) is 5.23. The summed E-state index contributed by atoms with van der Waals surface area (Å²) in [6.45, 7) is 7.50. The highest BCUT2D eigenvalue weighted by Gasteiger charge is 2.20. The number of aryl methyl sites for hydroxylation is 3. The molecular formula is C26H27FN8O3. The quantitative estimate of drug-likeness (QED) is 0.270. The van der Waals surface area contributed by atoms with Crippen LogP contribution in [0.15, 0.2) is 42.9 Å². The zero-order valence-electron chi connectivity index (χ0n) is 21.6. The van der Waals surface area contributed by atoms with Crippen molar-refractivity contribution < 1.29 is 18.8 Å². The highest BCUT2D eigenvalue weighted by atomic mass is 19.1. The maximum atomic E-state index is 14.8. The molecule has 3 heterocycles. The lowest BCUT2D eigenvalue weighted by Crippen LogP contribution is -2.24. The summed E-state index contributed by atoms with van der Waals surface area (Å²) in [7, 11) is 1.46. The van der Waals surface area contributed by atoms with Gasteiger partial charge in [-0.1, -0.05) is 0 Å². The third kappa shape index (κ3) is 6.16. The standard InChI is InChI=1S/C26H27FN8O3/c1-6-38-35-26(36)19-13-28-22(34-23-7-15(3)31-16(4)32-23)10-20(19)33-21-9-17(27)8-18(24(21)37-5)25-29-11-14(2)12-30-25/h7-13H,6H2,1-5H3,(H,35,36)(H2,28,31,32,33,34). The van der Waals surface area contributed by atoms with Crippen molar-refractivity contribution in [1.82, 2.24) is 30.4 Å². The van der Waals surface area contributed by atoms with Crippen LogP contribution in [0.1, 0.15) is 34.4 Å². The number of anilines is 4. The van der Waals surface area contributed by atoms with Crippen LogP contribution < -0.4 is 20.9 Å². The summed E-state index contributed by atoms with van der Waals surface area (Å²) < 4.78 is 20.4. The van der Waals surface area contributed by atoms with Gasteiger partial charge >= 0.3 is 0 Å². The number of carbonyl (C=O) groups is 1. The Labute approximate surface area is 218 Å². The molecule has 3 N–H and O–H groups in total. The molecule has 196 valence electrons. The van der Waals surface area contributed by atoms with E-state index in [1.807, 2.05) is 13.8 Å². The summed E-state index contributed by atoms with van der Waals surface area (Å²) in [6, 6.07) is 5.91. The first kappa shape index (κ1) is 26.4. The number of ether oxygens (including phenoxy) is 1. The molecule has 0 unspecified atom stereocenters. The number of amides is 1. The van der Waals surface area contributed by atoms with Crippen molar-refractivity contribution in [3.05, 3.63) is 71.3 Å². The van der Waals surface area contributed by atoms with Crippen molar-refractivity contribution >= 4 is 28.9 Å². The number of aromatic nitrogens is 5. The normalized spacial score (nSPS) is 10.7. The molecule has 0 radical (unpaired) electrons. The summed E-state index contributed by atoms with van der Waals surface area (Å²) in [4.78, 5) is 39.5. The minimum atomic E-state index is -0.549. The summed E-state index contributed by atoms with van der Waals surface area (Å²) >= 11 is 0. The van der Waals surface area contributed by atoms with Crippen LogP contribution in [-0.2, 0) is 4.84 Å². The Morgan fingerprint density at radius 2 is 1.68 bits per heavy atom. The van der Waals surface area contributed by atoms with Crippen molar-refractivity contribution in [2.45, 2.75) is 27.7 Å². The van der Waals surface area contributed by atoms with Gasteiger partial charge in [0.2, 0.25) is 0 Å². The molecular weight excluding hydrogens is 491 g/mol. The number of carbonyl (C=O) groups excluding carboxylic acids is 1. The number of rotatable bonds is 9. The molecule has 0 fully saturated rings. The summed E-state index contributed by atoms with van der Waals surface area (Å²) in [6.07, 6.45) is 4.64. The molecule has 38 heavy (non-hydrogen) atoms. The lowest BCUT2D eigenvalue weighted by Gasteiger charge is -2.18. The molecule has 0 bridgehead atoms. The molecule has 0 aliphatic heterocycles. The number of hydrogen-bond acceptors (Lipinski definition) is 10. The fourth-order valence-corrected chi connectivity index (χ4v) is 3.66. The van der Waals surface area contributed by atoms with Crippen LogP contribution in [0.5, 0.6) is 5.75 Å². The first-order valence-electron chi connectivity index (χ1n) is 11.7. The highest BCUT2D eigenvalue weighted by molar-refractivity contribution is 6.00. The number of hydroxylamine groups is 1.